The quantitative estimate of drug-likeness (QED) is 0.916. The highest BCUT2D eigenvalue weighted by Crippen LogP contribution is 2.23. The third-order valence-electron chi connectivity index (χ3n) is 2.92. The molecule has 16 heavy (non-hydrogen) atoms. The summed E-state index contributed by atoms with van der Waals surface area (Å²) in [5.41, 5.74) is 0. The molecule has 1 N–H and O–H groups in total. The van der Waals surface area contributed by atoms with E-state index >= 15 is 0 Å². The Labute approximate surface area is 112 Å². The van der Waals surface area contributed by atoms with Crippen LogP contribution in [0.1, 0.15) is 17.7 Å². The van der Waals surface area contributed by atoms with E-state index in [0.29, 0.717) is 6.04 Å². The highest BCUT2D eigenvalue weighted by molar-refractivity contribution is 7.16. The number of rotatable bonds is 3. The van der Waals surface area contributed by atoms with E-state index in [1.807, 2.05) is 6.07 Å². The molecule has 2 heterocycles. The van der Waals surface area contributed by atoms with Crippen molar-refractivity contribution in [1.29, 1.82) is 0 Å². The highest BCUT2D eigenvalue weighted by Gasteiger charge is 2.18. The summed E-state index contributed by atoms with van der Waals surface area (Å²) in [6.45, 7) is 3.43. The summed E-state index contributed by atoms with van der Waals surface area (Å²) in [6.07, 6.45) is 2.60. The first kappa shape index (κ1) is 14.3. The average Bonchev–Trinajstić information content (AvgIpc) is 2.64. The molecule has 1 aromatic rings. The van der Waals surface area contributed by atoms with Crippen LogP contribution in [0.4, 0.5) is 0 Å². The molecule has 5 heteroatoms. The monoisotopic (exact) mass is 280 g/mol. The lowest BCUT2D eigenvalue weighted by Gasteiger charge is -2.32. The number of piperidine rings is 1. The van der Waals surface area contributed by atoms with Gasteiger partial charge in [0.1, 0.15) is 0 Å². The third kappa shape index (κ3) is 3.90. The molecule has 2 nitrogen and oxygen atoms in total. The Kier molecular flexibility index (Phi) is 6.08. The molecule has 1 saturated heterocycles. The third-order valence-corrected chi connectivity index (χ3v) is 4.14. The Hall–Kier alpha value is 0.200. The summed E-state index contributed by atoms with van der Waals surface area (Å²) in [7, 11) is 2.05. The van der Waals surface area contributed by atoms with Crippen LogP contribution in [0.3, 0.4) is 0 Å². The van der Waals surface area contributed by atoms with Gasteiger partial charge in [-0.3, -0.25) is 4.90 Å². The molecule has 1 aliphatic heterocycles. The number of likely N-dealkylation sites (N-methyl/N-ethyl adjacent to an activating group) is 1. The second-order valence-electron chi connectivity index (χ2n) is 4.07. The molecule has 1 atom stereocenters. The molecule has 0 spiro atoms. The summed E-state index contributed by atoms with van der Waals surface area (Å²) in [4.78, 5) is 3.88. The van der Waals surface area contributed by atoms with E-state index in [1.54, 1.807) is 11.3 Å². The van der Waals surface area contributed by atoms with Crippen LogP contribution in [-0.2, 0) is 6.54 Å². The second kappa shape index (κ2) is 6.82. The molecule has 1 unspecified atom stereocenters. The number of likely N-dealkylation sites (tertiary alicyclic amines) is 1. The Balaban J connectivity index is 0.00000128. The minimum Gasteiger partial charge on any atom is -0.316 e. The van der Waals surface area contributed by atoms with Crippen LogP contribution in [0.2, 0.25) is 4.34 Å². The van der Waals surface area contributed by atoms with E-state index in [2.05, 4.69) is 23.3 Å². The summed E-state index contributed by atoms with van der Waals surface area (Å²) in [5.74, 6) is 0. The normalized spacial score (nSPS) is 21.8. The van der Waals surface area contributed by atoms with Gasteiger partial charge < -0.3 is 5.32 Å². The Morgan fingerprint density at radius 1 is 1.56 bits per heavy atom. The van der Waals surface area contributed by atoms with Crippen LogP contribution in [0.25, 0.3) is 0 Å². The fourth-order valence-electron chi connectivity index (χ4n) is 2.09. The fourth-order valence-corrected chi connectivity index (χ4v) is 3.22. The number of nitrogens with one attached hydrogen (secondary N) is 1. The van der Waals surface area contributed by atoms with Crippen molar-refractivity contribution in [3.63, 3.8) is 0 Å². The molecule has 0 bridgehead atoms. The zero-order valence-corrected chi connectivity index (χ0v) is 11.8. The minimum atomic E-state index is 0. The van der Waals surface area contributed by atoms with E-state index in [9.17, 15) is 0 Å². The van der Waals surface area contributed by atoms with Crippen molar-refractivity contribution < 1.29 is 0 Å². The molecule has 0 aliphatic carbocycles. The molecule has 0 radical (unpaired) electrons. The summed E-state index contributed by atoms with van der Waals surface area (Å²) in [5, 5.41) is 3.36. The standard InChI is InChI=1S/C11H17ClN2S.ClH/c1-13-9-3-2-6-14(7-9)8-10-4-5-11(12)15-10;/h4-5,9,13H,2-3,6-8H2,1H3;1H. The lowest BCUT2D eigenvalue weighted by Crippen LogP contribution is -2.43. The van der Waals surface area contributed by atoms with Gasteiger partial charge in [0.15, 0.2) is 0 Å². The zero-order chi connectivity index (χ0) is 10.7. The first-order chi connectivity index (χ1) is 7.28. The van der Waals surface area contributed by atoms with Crippen LogP contribution in [-0.4, -0.2) is 31.1 Å². The van der Waals surface area contributed by atoms with Gasteiger partial charge in [-0.05, 0) is 38.6 Å². The van der Waals surface area contributed by atoms with E-state index in [1.165, 1.54) is 24.3 Å². The predicted octanol–water partition coefficient (Wildman–Crippen LogP) is 3.01. The van der Waals surface area contributed by atoms with Crippen molar-refractivity contribution in [2.45, 2.75) is 25.4 Å². The molecule has 1 fully saturated rings. The van der Waals surface area contributed by atoms with Crippen molar-refractivity contribution in [2.75, 3.05) is 20.1 Å². The number of halogens is 2. The van der Waals surface area contributed by atoms with Gasteiger partial charge in [0.2, 0.25) is 0 Å². The van der Waals surface area contributed by atoms with Crippen molar-refractivity contribution >= 4 is 35.3 Å². The molecular weight excluding hydrogens is 263 g/mol. The lowest BCUT2D eigenvalue weighted by molar-refractivity contribution is 0.189. The molecule has 0 amide bonds. The highest BCUT2D eigenvalue weighted by atomic mass is 35.5. The number of hydrogen-bond donors (Lipinski definition) is 1. The molecule has 1 aliphatic rings. The van der Waals surface area contributed by atoms with Gasteiger partial charge >= 0.3 is 0 Å². The van der Waals surface area contributed by atoms with Crippen molar-refractivity contribution in [1.82, 2.24) is 10.2 Å². The van der Waals surface area contributed by atoms with E-state index in [4.69, 9.17) is 11.6 Å². The smallest absolute Gasteiger partial charge is 0.0931 e. The van der Waals surface area contributed by atoms with Crippen LogP contribution in [0.15, 0.2) is 12.1 Å². The molecular formula is C11H18Cl2N2S. The molecule has 0 aromatic carbocycles. The van der Waals surface area contributed by atoms with Gasteiger partial charge in [-0.2, -0.15) is 0 Å². The van der Waals surface area contributed by atoms with Gasteiger partial charge in [0, 0.05) is 24.0 Å². The first-order valence-corrected chi connectivity index (χ1v) is 6.61. The van der Waals surface area contributed by atoms with Crippen molar-refractivity contribution in [3.8, 4) is 0 Å². The topological polar surface area (TPSA) is 15.3 Å². The average molecular weight is 281 g/mol. The first-order valence-electron chi connectivity index (χ1n) is 5.42. The van der Waals surface area contributed by atoms with Crippen LogP contribution < -0.4 is 5.32 Å². The maximum absolute atomic E-state index is 5.92. The predicted molar refractivity (Wildman–Crippen MR) is 73.9 cm³/mol. The Morgan fingerprint density at radius 3 is 3.00 bits per heavy atom. The van der Waals surface area contributed by atoms with Gasteiger partial charge in [-0.25, -0.2) is 0 Å². The van der Waals surface area contributed by atoms with Crippen LogP contribution >= 0.6 is 35.3 Å². The van der Waals surface area contributed by atoms with Gasteiger partial charge in [0.05, 0.1) is 4.34 Å². The number of thiophene rings is 1. The number of nitrogens with zero attached hydrogens (tertiary/aromatic N) is 1. The lowest BCUT2D eigenvalue weighted by atomic mass is 10.1. The van der Waals surface area contributed by atoms with E-state index in [0.717, 1.165) is 17.4 Å². The molecule has 1 aromatic heterocycles. The maximum atomic E-state index is 5.92. The van der Waals surface area contributed by atoms with E-state index in [-0.39, 0.29) is 12.4 Å². The second-order valence-corrected chi connectivity index (χ2v) is 5.87. The molecule has 2 rings (SSSR count). The minimum absolute atomic E-state index is 0. The van der Waals surface area contributed by atoms with Gasteiger partial charge in [-0.1, -0.05) is 11.6 Å². The van der Waals surface area contributed by atoms with Crippen molar-refractivity contribution in [2.24, 2.45) is 0 Å². The van der Waals surface area contributed by atoms with Crippen molar-refractivity contribution in [3.05, 3.63) is 21.3 Å². The SMILES string of the molecule is CNC1CCCN(Cc2ccc(Cl)s2)C1.Cl. The summed E-state index contributed by atoms with van der Waals surface area (Å²) < 4.78 is 0.896. The maximum Gasteiger partial charge on any atom is 0.0931 e. The van der Waals surface area contributed by atoms with Gasteiger partial charge in [0.25, 0.3) is 0 Å². The molecule has 0 saturated carbocycles. The zero-order valence-electron chi connectivity index (χ0n) is 9.41. The molecule has 92 valence electrons. The summed E-state index contributed by atoms with van der Waals surface area (Å²) >= 11 is 7.62. The van der Waals surface area contributed by atoms with Crippen LogP contribution in [0, 0.1) is 0 Å². The van der Waals surface area contributed by atoms with E-state index < -0.39 is 0 Å². The Bertz CT molecular complexity index is 317. The fraction of sp³-hybridized carbons (Fsp3) is 0.636. The summed E-state index contributed by atoms with van der Waals surface area (Å²) in [6, 6.07) is 4.78. The largest absolute Gasteiger partial charge is 0.316 e. The number of hydrogen-bond acceptors (Lipinski definition) is 3. The van der Waals surface area contributed by atoms with Crippen LogP contribution in [0.5, 0.6) is 0 Å². The van der Waals surface area contributed by atoms with Gasteiger partial charge in [-0.15, -0.1) is 23.7 Å². The Morgan fingerprint density at radius 2 is 2.38 bits per heavy atom.